The van der Waals surface area contributed by atoms with Crippen molar-refractivity contribution in [2.45, 2.75) is 13.0 Å². The second-order valence-electron chi connectivity index (χ2n) is 6.19. The fourth-order valence-electron chi connectivity index (χ4n) is 2.94. The molecule has 0 bridgehead atoms. The Morgan fingerprint density at radius 3 is 2.27 bits per heavy atom. The molecule has 0 aliphatic carbocycles. The third-order valence-electron chi connectivity index (χ3n) is 4.37. The molecular formula is C20H24ClFN2O2. The minimum Gasteiger partial charge on any atom is -0.493 e. The Morgan fingerprint density at radius 1 is 0.962 bits per heavy atom. The molecule has 1 saturated heterocycles. The van der Waals surface area contributed by atoms with Gasteiger partial charge in [0.25, 0.3) is 0 Å². The molecule has 1 aliphatic rings. The lowest BCUT2D eigenvalue weighted by molar-refractivity contribution is -0.133. The number of hydrogen-bond donors (Lipinski definition) is 0. The van der Waals surface area contributed by atoms with Gasteiger partial charge < -0.3 is 9.64 Å². The molecule has 0 unspecified atom stereocenters. The standard InChI is InChI=1S/C20H23FN2O2.ClH/c21-18-6-8-19(9-7-18)25-15-10-20(24)23-13-11-22(12-14-23)16-17-4-2-1-3-5-17;/h1-9H,10-16H2;1H. The van der Waals surface area contributed by atoms with E-state index in [9.17, 15) is 9.18 Å². The highest BCUT2D eigenvalue weighted by atomic mass is 35.5. The maximum Gasteiger partial charge on any atom is 0.226 e. The van der Waals surface area contributed by atoms with Crippen LogP contribution in [-0.2, 0) is 11.3 Å². The van der Waals surface area contributed by atoms with Crippen LogP contribution in [0.4, 0.5) is 4.39 Å². The molecule has 0 N–H and O–H groups in total. The van der Waals surface area contributed by atoms with E-state index in [1.807, 2.05) is 11.0 Å². The first-order chi connectivity index (χ1) is 12.2. The van der Waals surface area contributed by atoms with Crippen LogP contribution >= 0.6 is 12.4 Å². The molecule has 2 aromatic rings. The van der Waals surface area contributed by atoms with Crippen LogP contribution in [0, 0.1) is 5.82 Å². The molecule has 0 spiro atoms. The summed E-state index contributed by atoms with van der Waals surface area (Å²) in [5.41, 5.74) is 1.30. The average molecular weight is 379 g/mol. The topological polar surface area (TPSA) is 32.8 Å². The highest BCUT2D eigenvalue weighted by Gasteiger charge is 2.20. The van der Waals surface area contributed by atoms with Gasteiger partial charge in [0, 0.05) is 32.7 Å². The Labute approximate surface area is 160 Å². The average Bonchev–Trinajstić information content (AvgIpc) is 2.65. The molecule has 1 amide bonds. The van der Waals surface area contributed by atoms with E-state index in [4.69, 9.17) is 4.74 Å². The van der Waals surface area contributed by atoms with Gasteiger partial charge in [-0.25, -0.2) is 4.39 Å². The lowest BCUT2D eigenvalue weighted by Gasteiger charge is -2.34. The minimum absolute atomic E-state index is 0. The molecule has 2 aromatic carbocycles. The van der Waals surface area contributed by atoms with Crippen molar-refractivity contribution in [2.24, 2.45) is 0 Å². The zero-order chi connectivity index (χ0) is 17.5. The van der Waals surface area contributed by atoms with E-state index < -0.39 is 0 Å². The van der Waals surface area contributed by atoms with Crippen molar-refractivity contribution in [3.05, 3.63) is 66.0 Å². The van der Waals surface area contributed by atoms with E-state index >= 15 is 0 Å². The summed E-state index contributed by atoms with van der Waals surface area (Å²) in [5.74, 6) is 0.403. The molecule has 1 heterocycles. The van der Waals surface area contributed by atoms with Crippen molar-refractivity contribution in [3.8, 4) is 5.75 Å². The third-order valence-corrected chi connectivity index (χ3v) is 4.37. The summed E-state index contributed by atoms with van der Waals surface area (Å²) >= 11 is 0. The predicted molar refractivity (Wildman–Crippen MR) is 102 cm³/mol. The minimum atomic E-state index is -0.295. The first-order valence-electron chi connectivity index (χ1n) is 8.63. The summed E-state index contributed by atoms with van der Waals surface area (Å²) in [4.78, 5) is 16.5. The first kappa shape index (κ1) is 20.2. The van der Waals surface area contributed by atoms with Crippen LogP contribution in [0.15, 0.2) is 54.6 Å². The van der Waals surface area contributed by atoms with Crippen LogP contribution in [0.2, 0.25) is 0 Å². The van der Waals surface area contributed by atoms with Gasteiger partial charge in [0.1, 0.15) is 11.6 Å². The van der Waals surface area contributed by atoms with Crippen LogP contribution in [0.5, 0.6) is 5.75 Å². The number of hydrogen-bond acceptors (Lipinski definition) is 3. The van der Waals surface area contributed by atoms with Gasteiger partial charge in [-0.05, 0) is 29.8 Å². The third kappa shape index (κ3) is 6.00. The maximum atomic E-state index is 12.8. The second-order valence-corrected chi connectivity index (χ2v) is 6.19. The van der Waals surface area contributed by atoms with Gasteiger partial charge in [0.2, 0.25) is 5.91 Å². The molecule has 0 aromatic heterocycles. The van der Waals surface area contributed by atoms with Crippen LogP contribution in [0.1, 0.15) is 12.0 Å². The SMILES string of the molecule is Cl.O=C(CCOc1ccc(F)cc1)N1CCN(Cc2ccccc2)CC1. The van der Waals surface area contributed by atoms with Gasteiger partial charge in [-0.1, -0.05) is 30.3 Å². The van der Waals surface area contributed by atoms with Gasteiger partial charge in [-0.15, -0.1) is 12.4 Å². The molecule has 0 saturated carbocycles. The summed E-state index contributed by atoms with van der Waals surface area (Å²) in [6.45, 7) is 4.52. The molecule has 140 valence electrons. The van der Waals surface area contributed by atoms with Gasteiger partial charge in [-0.2, -0.15) is 0 Å². The van der Waals surface area contributed by atoms with E-state index in [-0.39, 0.29) is 24.1 Å². The Morgan fingerprint density at radius 2 is 1.62 bits per heavy atom. The number of carbonyl (C=O) groups is 1. The number of piperazine rings is 1. The van der Waals surface area contributed by atoms with Gasteiger partial charge >= 0.3 is 0 Å². The number of amides is 1. The second kappa shape index (κ2) is 10.1. The number of rotatable bonds is 6. The number of carbonyl (C=O) groups excluding carboxylic acids is 1. The molecular weight excluding hydrogens is 355 g/mol. The van der Waals surface area contributed by atoms with Crippen molar-refractivity contribution in [1.29, 1.82) is 0 Å². The molecule has 6 heteroatoms. The van der Waals surface area contributed by atoms with E-state index in [0.717, 1.165) is 32.7 Å². The Hall–Kier alpha value is -2.11. The Balaban J connectivity index is 0.00000243. The van der Waals surface area contributed by atoms with Crippen molar-refractivity contribution in [1.82, 2.24) is 9.80 Å². The van der Waals surface area contributed by atoms with Gasteiger partial charge in [0.05, 0.1) is 13.0 Å². The Bertz CT molecular complexity index is 674. The van der Waals surface area contributed by atoms with Crippen LogP contribution in [0.3, 0.4) is 0 Å². The molecule has 0 radical (unpaired) electrons. The van der Waals surface area contributed by atoms with E-state index in [1.165, 1.54) is 17.7 Å². The lowest BCUT2D eigenvalue weighted by Crippen LogP contribution is -2.48. The molecule has 4 nitrogen and oxygen atoms in total. The van der Waals surface area contributed by atoms with E-state index in [2.05, 4.69) is 29.2 Å². The lowest BCUT2D eigenvalue weighted by atomic mass is 10.2. The van der Waals surface area contributed by atoms with Crippen molar-refractivity contribution in [3.63, 3.8) is 0 Å². The van der Waals surface area contributed by atoms with Crippen molar-refractivity contribution < 1.29 is 13.9 Å². The number of benzene rings is 2. The highest BCUT2D eigenvalue weighted by molar-refractivity contribution is 5.85. The summed E-state index contributed by atoms with van der Waals surface area (Å²) < 4.78 is 18.3. The normalized spacial score (nSPS) is 14.6. The number of halogens is 2. The van der Waals surface area contributed by atoms with Gasteiger partial charge in [0.15, 0.2) is 0 Å². The Kier molecular flexibility index (Phi) is 7.88. The summed E-state index contributed by atoms with van der Waals surface area (Å²) in [6.07, 6.45) is 0.343. The van der Waals surface area contributed by atoms with E-state index in [1.54, 1.807) is 12.1 Å². The summed E-state index contributed by atoms with van der Waals surface area (Å²) in [7, 11) is 0. The van der Waals surface area contributed by atoms with Gasteiger partial charge in [-0.3, -0.25) is 9.69 Å². The number of ether oxygens (including phenoxy) is 1. The molecule has 1 aliphatic heterocycles. The highest BCUT2D eigenvalue weighted by Crippen LogP contribution is 2.12. The largest absolute Gasteiger partial charge is 0.493 e. The first-order valence-corrected chi connectivity index (χ1v) is 8.63. The van der Waals surface area contributed by atoms with Crippen LogP contribution < -0.4 is 4.74 Å². The predicted octanol–water partition coefficient (Wildman–Crippen LogP) is 3.36. The summed E-state index contributed by atoms with van der Waals surface area (Å²) in [5, 5.41) is 0. The molecule has 3 rings (SSSR count). The zero-order valence-electron chi connectivity index (χ0n) is 14.6. The molecule has 26 heavy (non-hydrogen) atoms. The quantitative estimate of drug-likeness (QED) is 0.772. The smallest absolute Gasteiger partial charge is 0.226 e. The molecule has 1 fully saturated rings. The fourth-order valence-corrected chi connectivity index (χ4v) is 2.94. The monoisotopic (exact) mass is 378 g/mol. The summed E-state index contributed by atoms with van der Waals surface area (Å²) in [6, 6.07) is 16.2. The zero-order valence-corrected chi connectivity index (χ0v) is 15.5. The van der Waals surface area contributed by atoms with Crippen LogP contribution in [-0.4, -0.2) is 48.5 Å². The van der Waals surface area contributed by atoms with E-state index in [0.29, 0.717) is 18.8 Å². The fraction of sp³-hybridized carbons (Fsp3) is 0.350. The maximum absolute atomic E-state index is 12.8. The molecule has 0 atom stereocenters. The van der Waals surface area contributed by atoms with Crippen LogP contribution in [0.25, 0.3) is 0 Å². The van der Waals surface area contributed by atoms with Crippen molar-refractivity contribution in [2.75, 3.05) is 32.8 Å². The van der Waals surface area contributed by atoms with Crippen molar-refractivity contribution >= 4 is 18.3 Å². The number of nitrogens with zero attached hydrogens (tertiary/aromatic N) is 2.